The van der Waals surface area contributed by atoms with Crippen LogP contribution in [-0.2, 0) is 4.74 Å². The Kier molecular flexibility index (Phi) is 5.33. The van der Waals surface area contributed by atoms with Gasteiger partial charge >= 0.3 is 18.2 Å². The molecule has 1 heterocycles. The van der Waals surface area contributed by atoms with Gasteiger partial charge in [-0.25, -0.2) is 9.59 Å². The third-order valence-electron chi connectivity index (χ3n) is 3.71. The molecule has 9 heteroatoms. The molecule has 1 saturated heterocycles. The number of amides is 2. The normalized spacial score (nSPS) is 19.0. The molecule has 0 bridgehead atoms. The van der Waals surface area contributed by atoms with Gasteiger partial charge in [-0.15, -0.1) is 0 Å². The van der Waals surface area contributed by atoms with Gasteiger partial charge < -0.3 is 20.1 Å². The monoisotopic (exact) mass is 346 g/mol. The van der Waals surface area contributed by atoms with E-state index in [1.807, 2.05) is 5.32 Å². The molecular formula is C15H17F3N2O4. The van der Waals surface area contributed by atoms with E-state index in [9.17, 15) is 27.9 Å². The molecule has 6 nitrogen and oxygen atoms in total. The number of nitrogens with one attached hydrogen (secondary N) is 1. The summed E-state index contributed by atoms with van der Waals surface area (Å²) in [5.74, 6) is -0.666. The van der Waals surface area contributed by atoms with E-state index in [0.717, 1.165) is 17.0 Å². The average molecular weight is 346 g/mol. The SMILES string of the molecule is COC(=O)c1ccc([C@@H](NC(=O)N2CC[C@H](O)C2)C(F)(F)F)cc1. The molecule has 2 rings (SSSR count). The van der Waals surface area contributed by atoms with Crippen molar-refractivity contribution in [3.8, 4) is 0 Å². The second kappa shape index (κ2) is 7.08. The summed E-state index contributed by atoms with van der Waals surface area (Å²) >= 11 is 0. The van der Waals surface area contributed by atoms with Crippen molar-refractivity contribution in [2.75, 3.05) is 20.2 Å². The molecule has 2 amide bonds. The fourth-order valence-electron chi connectivity index (χ4n) is 2.42. The highest BCUT2D eigenvalue weighted by Gasteiger charge is 2.43. The van der Waals surface area contributed by atoms with Crippen molar-refractivity contribution in [2.45, 2.75) is 24.7 Å². The summed E-state index contributed by atoms with van der Waals surface area (Å²) < 4.78 is 44.3. The number of ether oxygens (including phenoxy) is 1. The van der Waals surface area contributed by atoms with E-state index >= 15 is 0 Å². The number of β-amino-alcohol motifs (C(OH)–C–C–N with tert-alkyl or cyclic N) is 1. The number of halogens is 3. The van der Waals surface area contributed by atoms with E-state index in [4.69, 9.17) is 0 Å². The number of alkyl halides is 3. The minimum atomic E-state index is -4.71. The number of aliphatic hydroxyl groups excluding tert-OH is 1. The van der Waals surface area contributed by atoms with E-state index in [2.05, 4.69) is 4.74 Å². The maximum absolute atomic E-state index is 13.3. The first-order chi connectivity index (χ1) is 11.2. The van der Waals surface area contributed by atoms with Crippen molar-refractivity contribution in [1.29, 1.82) is 0 Å². The predicted molar refractivity (Wildman–Crippen MR) is 77.3 cm³/mol. The topological polar surface area (TPSA) is 78.9 Å². The number of likely N-dealkylation sites (tertiary alicyclic amines) is 1. The first-order valence-corrected chi connectivity index (χ1v) is 7.21. The summed E-state index contributed by atoms with van der Waals surface area (Å²) in [6.07, 6.45) is -5.10. The molecule has 1 fully saturated rings. The Morgan fingerprint density at radius 3 is 2.42 bits per heavy atom. The zero-order valence-electron chi connectivity index (χ0n) is 12.8. The number of methoxy groups -OCH3 is 1. The lowest BCUT2D eigenvalue weighted by Crippen LogP contribution is -2.45. The van der Waals surface area contributed by atoms with Gasteiger partial charge in [0.15, 0.2) is 6.04 Å². The second-order valence-corrected chi connectivity index (χ2v) is 5.43. The summed E-state index contributed by atoms with van der Waals surface area (Å²) in [5.41, 5.74) is -0.0978. The molecule has 1 aromatic rings. The number of aliphatic hydroxyl groups is 1. The van der Waals surface area contributed by atoms with Crippen molar-refractivity contribution in [3.05, 3.63) is 35.4 Å². The van der Waals surface area contributed by atoms with Crippen LogP contribution in [0, 0.1) is 0 Å². The number of nitrogens with zero attached hydrogens (tertiary/aromatic N) is 1. The molecule has 2 N–H and O–H groups in total. The zero-order valence-corrected chi connectivity index (χ0v) is 12.8. The molecule has 24 heavy (non-hydrogen) atoms. The number of carbonyl (C=O) groups excluding carboxylic acids is 2. The molecule has 1 aromatic carbocycles. The number of urea groups is 1. The van der Waals surface area contributed by atoms with Gasteiger partial charge in [0.25, 0.3) is 0 Å². The molecule has 1 aliphatic rings. The lowest BCUT2D eigenvalue weighted by Gasteiger charge is -2.25. The number of benzene rings is 1. The van der Waals surface area contributed by atoms with E-state index < -0.39 is 30.3 Å². The standard InChI is InChI=1S/C15H17F3N2O4/c1-24-13(22)10-4-2-9(3-5-10)12(15(16,17)18)19-14(23)20-7-6-11(21)8-20/h2-5,11-12,21H,6-8H2,1H3,(H,19,23)/t11-,12+/m0/s1. The van der Waals surface area contributed by atoms with Gasteiger partial charge in [0.1, 0.15) is 0 Å². The fraction of sp³-hybridized carbons (Fsp3) is 0.467. The van der Waals surface area contributed by atoms with Crippen molar-refractivity contribution < 1.29 is 32.6 Å². The summed E-state index contributed by atoms with van der Waals surface area (Å²) in [6, 6.07) is 1.52. The highest BCUT2D eigenvalue weighted by molar-refractivity contribution is 5.89. The fourth-order valence-corrected chi connectivity index (χ4v) is 2.42. The number of carbonyl (C=O) groups is 2. The Labute approximate surface area is 136 Å². The molecule has 0 aliphatic carbocycles. The maximum Gasteiger partial charge on any atom is 0.412 e. The van der Waals surface area contributed by atoms with Crippen LogP contribution in [0.15, 0.2) is 24.3 Å². The Hall–Kier alpha value is -2.29. The third-order valence-corrected chi connectivity index (χ3v) is 3.71. The first kappa shape index (κ1) is 18.1. The van der Waals surface area contributed by atoms with Crippen LogP contribution in [0.4, 0.5) is 18.0 Å². The minimum Gasteiger partial charge on any atom is -0.465 e. The second-order valence-electron chi connectivity index (χ2n) is 5.43. The van der Waals surface area contributed by atoms with Gasteiger partial charge in [0, 0.05) is 13.1 Å². The zero-order chi connectivity index (χ0) is 17.9. The number of esters is 1. The Bertz CT molecular complexity index is 604. The van der Waals surface area contributed by atoms with Crippen LogP contribution in [0.2, 0.25) is 0 Å². The van der Waals surface area contributed by atoms with Gasteiger partial charge in [-0.05, 0) is 24.1 Å². The maximum atomic E-state index is 13.3. The molecule has 1 aliphatic heterocycles. The molecule has 0 aromatic heterocycles. The third kappa shape index (κ3) is 4.16. The van der Waals surface area contributed by atoms with Crippen LogP contribution in [0.25, 0.3) is 0 Å². The van der Waals surface area contributed by atoms with Crippen molar-refractivity contribution >= 4 is 12.0 Å². The quantitative estimate of drug-likeness (QED) is 0.819. The smallest absolute Gasteiger partial charge is 0.412 e. The van der Waals surface area contributed by atoms with E-state index in [-0.39, 0.29) is 24.2 Å². The summed E-state index contributed by atoms with van der Waals surface area (Å²) in [5, 5.41) is 11.3. The molecule has 2 atom stereocenters. The van der Waals surface area contributed by atoms with Gasteiger partial charge in [0.2, 0.25) is 0 Å². The highest BCUT2D eigenvalue weighted by atomic mass is 19.4. The average Bonchev–Trinajstić information content (AvgIpc) is 2.97. The molecule has 0 spiro atoms. The van der Waals surface area contributed by atoms with E-state index in [0.29, 0.717) is 6.42 Å². The molecule has 0 saturated carbocycles. The lowest BCUT2D eigenvalue weighted by molar-refractivity contribution is -0.155. The van der Waals surface area contributed by atoms with Gasteiger partial charge in [-0.2, -0.15) is 13.2 Å². The van der Waals surface area contributed by atoms with Crippen molar-refractivity contribution in [2.24, 2.45) is 0 Å². The van der Waals surface area contributed by atoms with E-state index in [1.165, 1.54) is 19.2 Å². The van der Waals surface area contributed by atoms with Crippen molar-refractivity contribution in [3.63, 3.8) is 0 Å². The molecule has 0 radical (unpaired) electrons. The van der Waals surface area contributed by atoms with E-state index in [1.54, 1.807) is 0 Å². The van der Waals surface area contributed by atoms with Crippen LogP contribution >= 0.6 is 0 Å². The summed E-state index contributed by atoms with van der Waals surface area (Å²) in [4.78, 5) is 24.4. The van der Waals surface area contributed by atoms with Gasteiger partial charge in [-0.3, -0.25) is 0 Å². The van der Waals surface area contributed by atoms with Crippen LogP contribution in [0.3, 0.4) is 0 Å². The van der Waals surface area contributed by atoms with Crippen LogP contribution in [-0.4, -0.2) is 54.5 Å². The summed E-state index contributed by atoms with van der Waals surface area (Å²) in [7, 11) is 1.17. The largest absolute Gasteiger partial charge is 0.465 e. The summed E-state index contributed by atoms with van der Waals surface area (Å²) in [6.45, 7) is 0.191. The molecule has 132 valence electrons. The minimum absolute atomic E-state index is 0.00229. The number of hydrogen-bond acceptors (Lipinski definition) is 4. The Morgan fingerprint density at radius 2 is 1.96 bits per heavy atom. The van der Waals surface area contributed by atoms with Crippen LogP contribution in [0.1, 0.15) is 28.4 Å². The molecule has 0 unspecified atom stereocenters. The highest BCUT2D eigenvalue weighted by Crippen LogP contribution is 2.33. The number of hydrogen-bond donors (Lipinski definition) is 2. The van der Waals surface area contributed by atoms with Crippen LogP contribution < -0.4 is 5.32 Å². The van der Waals surface area contributed by atoms with Crippen molar-refractivity contribution in [1.82, 2.24) is 10.2 Å². The first-order valence-electron chi connectivity index (χ1n) is 7.21. The molecular weight excluding hydrogens is 329 g/mol. The van der Waals surface area contributed by atoms with Crippen LogP contribution in [0.5, 0.6) is 0 Å². The van der Waals surface area contributed by atoms with Gasteiger partial charge in [0.05, 0.1) is 18.8 Å². The lowest BCUT2D eigenvalue weighted by atomic mass is 10.0. The Morgan fingerprint density at radius 1 is 1.33 bits per heavy atom. The number of rotatable bonds is 3. The predicted octanol–water partition coefficient (Wildman–Crippen LogP) is 1.85. The Balaban J connectivity index is 2.16. The van der Waals surface area contributed by atoms with Gasteiger partial charge in [-0.1, -0.05) is 12.1 Å².